The second-order valence-corrected chi connectivity index (χ2v) is 5.71. The molecule has 2 N–H and O–H groups in total. The molecular weight excluding hydrogens is 316 g/mol. The minimum Gasteiger partial charge on any atom is -0.350 e. The molecule has 1 rings (SSSR count). The summed E-state index contributed by atoms with van der Waals surface area (Å²) in [5.74, 6) is -0.718. The minimum atomic E-state index is -0.351. The first-order chi connectivity index (χ1) is 7.61. The van der Waals surface area contributed by atoms with Gasteiger partial charge in [0.2, 0.25) is 11.8 Å². The van der Waals surface area contributed by atoms with E-state index in [1.165, 1.54) is 0 Å². The van der Waals surface area contributed by atoms with Gasteiger partial charge in [-0.3, -0.25) is 9.59 Å². The van der Waals surface area contributed by atoms with Gasteiger partial charge in [-0.2, -0.15) is 0 Å². The molecule has 0 aliphatic carbocycles. The molecular formula is C9H10BrClN2O2S. The van der Waals surface area contributed by atoms with Crippen molar-refractivity contribution in [3.63, 3.8) is 0 Å². The standard InChI is InChI=1S/C9H10BrClN2O2S/c10-7-2-1-6(16-7)4-12-9(15)5-13-8(14)3-11/h1-2H,3-5H2,(H,12,15)(H,13,14). The third kappa shape index (κ3) is 4.96. The van der Waals surface area contributed by atoms with Crippen molar-refractivity contribution in [2.45, 2.75) is 6.54 Å². The van der Waals surface area contributed by atoms with E-state index in [9.17, 15) is 9.59 Å². The van der Waals surface area contributed by atoms with E-state index >= 15 is 0 Å². The summed E-state index contributed by atoms with van der Waals surface area (Å²) >= 11 is 10.1. The maximum absolute atomic E-state index is 11.3. The van der Waals surface area contributed by atoms with Crippen LogP contribution in [0.4, 0.5) is 0 Å². The molecule has 1 aromatic rings. The largest absolute Gasteiger partial charge is 0.350 e. The van der Waals surface area contributed by atoms with Crippen LogP contribution in [0.5, 0.6) is 0 Å². The topological polar surface area (TPSA) is 58.2 Å². The zero-order valence-corrected chi connectivity index (χ0v) is 11.4. The second kappa shape index (κ2) is 6.88. The molecule has 2 amide bonds. The fourth-order valence-electron chi connectivity index (χ4n) is 0.921. The number of thiophene rings is 1. The summed E-state index contributed by atoms with van der Waals surface area (Å²) < 4.78 is 1.02. The predicted octanol–water partition coefficient (Wildman–Crippen LogP) is 1.48. The van der Waals surface area contributed by atoms with E-state index in [-0.39, 0.29) is 24.2 Å². The van der Waals surface area contributed by atoms with Gasteiger partial charge in [0.1, 0.15) is 5.88 Å². The number of halogens is 2. The molecule has 0 spiro atoms. The molecule has 0 atom stereocenters. The van der Waals surface area contributed by atoms with Gasteiger partial charge in [-0.15, -0.1) is 22.9 Å². The highest BCUT2D eigenvalue weighted by atomic mass is 79.9. The Morgan fingerprint density at radius 1 is 1.31 bits per heavy atom. The van der Waals surface area contributed by atoms with E-state index < -0.39 is 0 Å². The van der Waals surface area contributed by atoms with Gasteiger partial charge in [-0.05, 0) is 28.1 Å². The van der Waals surface area contributed by atoms with Crippen LogP contribution >= 0.6 is 38.9 Å². The monoisotopic (exact) mass is 324 g/mol. The van der Waals surface area contributed by atoms with Gasteiger partial charge in [-0.1, -0.05) is 0 Å². The average molecular weight is 326 g/mol. The molecule has 16 heavy (non-hydrogen) atoms. The molecule has 0 bridgehead atoms. The van der Waals surface area contributed by atoms with Crippen LogP contribution in [0.2, 0.25) is 0 Å². The van der Waals surface area contributed by atoms with Gasteiger partial charge in [-0.25, -0.2) is 0 Å². The van der Waals surface area contributed by atoms with Crippen molar-refractivity contribution < 1.29 is 9.59 Å². The van der Waals surface area contributed by atoms with Crippen molar-refractivity contribution in [1.29, 1.82) is 0 Å². The summed E-state index contributed by atoms with van der Waals surface area (Å²) in [5.41, 5.74) is 0. The van der Waals surface area contributed by atoms with Gasteiger partial charge >= 0.3 is 0 Å². The zero-order valence-electron chi connectivity index (χ0n) is 8.26. The summed E-state index contributed by atoms with van der Waals surface area (Å²) in [6.07, 6.45) is 0. The molecule has 1 heterocycles. The van der Waals surface area contributed by atoms with Gasteiger partial charge in [0, 0.05) is 4.88 Å². The maximum Gasteiger partial charge on any atom is 0.239 e. The molecule has 4 nitrogen and oxygen atoms in total. The van der Waals surface area contributed by atoms with Gasteiger partial charge in [0.15, 0.2) is 0 Å². The quantitative estimate of drug-likeness (QED) is 0.806. The summed E-state index contributed by atoms with van der Waals surface area (Å²) in [6, 6.07) is 3.84. The van der Waals surface area contributed by atoms with E-state index in [0.29, 0.717) is 6.54 Å². The van der Waals surface area contributed by atoms with Crippen molar-refractivity contribution in [3.8, 4) is 0 Å². The maximum atomic E-state index is 11.3. The molecule has 0 saturated carbocycles. The van der Waals surface area contributed by atoms with E-state index in [2.05, 4.69) is 26.6 Å². The Kier molecular flexibility index (Phi) is 5.79. The highest BCUT2D eigenvalue weighted by Gasteiger charge is 2.04. The number of hydrogen-bond donors (Lipinski definition) is 2. The Bertz CT molecular complexity index is 383. The fourth-order valence-corrected chi connectivity index (χ4v) is 2.44. The van der Waals surface area contributed by atoms with Crippen LogP contribution in [0.15, 0.2) is 15.9 Å². The van der Waals surface area contributed by atoms with Crippen LogP contribution in [0.3, 0.4) is 0 Å². The van der Waals surface area contributed by atoms with Crippen LogP contribution in [0, 0.1) is 0 Å². The van der Waals surface area contributed by atoms with E-state index in [0.717, 1.165) is 8.66 Å². The molecule has 0 unspecified atom stereocenters. The zero-order chi connectivity index (χ0) is 12.0. The number of rotatable bonds is 5. The van der Waals surface area contributed by atoms with Crippen molar-refractivity contribution in [3.05, 3.63) is 20.8 Å². The van der Waals surface area contributed by atoms with Crippen LogP contribution in [-0.2, 0) is 16.1 Å². The molecule has 0 aromatic carbocycles. The number of hydrogen-bond acceptors (Lipinski definition) is 3. The molecule has 0 aliphatic heterocycles. The molecule has 0 fully saturated rings. The van der Waals surface area contributed by atoms with Crippen molar-refractivity contribution >= 4 is 50.7 Å². The van der Waals surface area contributed by atoms with E-state index in [1.807, 2.05) is 12.1 Å². The van der Waals surface area contributed by atoms with Crippen LogP contribution in [-0.4, -0.2) is 24.2 Å². The number of alkyl halides is 1. The lowest BCUT2D eigenvalue weighted by Gasteiger charge is -2.04. The first kappa shape index (κ1) is 13.5. The fraction of sp³-hybridized carbons (Fsp3) is 0.333. The predicted molar refractivity (Wildman–Crippen MR) is 67.6 cm³/mol. The van der Waals surface area contributed by atoms with Gasteiger partial charge in [0.25, 0.3) is 0 Å². The van der Waals surface area contributed by atoms with Gasteiger partial charge in [0.05, 0.1) is 16.9 Å². The third-order valence-corrected chi connectivity index (χ3v) is 3.52. The Hall–Kier alpha value is -0.590. The highest BCUT2D eigenvalue weighted by molar-refractivity contribution is 9.11. The molecule has 0 saturated heterocycles. The lowest BCUT2D eigenvalue weighted by atomic mass is 10.4. The first-order valence-corrected chi connectivity index (χ1v) is 6.60. The highest BCUT2D eigenvalue weighted by Crippen LogP contribution is 2.21. The van der Waals surface area contributed by atoms with Gasteiger partial charge < -0.3 is 10.6 Å². The minimum absolute atomic E-state index is 0.0436. The third-order valence-electron chi connectivity index (χ3n) is 1.66. The Balaban J connectivity index is 2.22. The summed E-state index contributed by atoms with van der Waals surface area (Å²) in [4.78, 5) is 23.1. The summed E-state index contributed by atoms with van der Waals surface area (Å²) in [7, 11) is 0. The van der Waals surface area contributed by atoms with Crippen molar-refractivity contribution in [2.75, 3.05) is 12.4 Å². The molecule has 88 valence electrons. The second-order valence-electron chi connectivity index (χ2n) is 2.89. The van der Waals surface area contributed by atoms with E-state index in [4.69, 9.17) is 11.6 Å². The summed E-state index contributed by atoms with van der Waals surface area (Å²) in [6.45, 7) is 0.421. The Morgan fingerprint density at radius 2 is 2.06 bits per heavy atom. The Morgan fingerprint density at radius 3 is 2.62 bits per heavy atom. The number of carbonyl (C=O) groups is 2. The molecule has 0 aliphatic rings. The molecule has 7 heteroatoms. The first-order valence-electron chi connectivity index (χ1n) is 4.45. The average Bonchev–Trinajstić information content (AvgIpc) is 2.69. The number of amides is 2. The number of carbonyl (C=O) groups excluding carboxylic acids is 2. The summed E-state index contributed by atoms with van der Waals surface area (Å²) in [5, 5.41) is 5.07. The van der Waals surface area contributed by atoms with Crippen LogP contribution < -0.4 is 10.6 Å². The smallest absolute Gasteiger partial charge is 0.239 e. The SMILES string of the molecule is O=C(CCl)NCC(=O)NCc1ccc(Br)s1. The molecule has 0 radical (unpaired) electrons. The lowest BCUT2D eigenvalue weighted by Crippen LogP contribution is -2.36. The van der Waals surface area contributed by atoms with Crippen LogP contribution in [0.1, 0.15) is 4.88 Å². The van der Waals surface area contributed by atoms with Crippen molar-refractivity contribution in [2.24, 2.45) is 0 Å². The molecule has 1 aromatic heterocycles. The normalized spacial score (nSPS) is 9.88. The number of nitrogens with one attached hydrogen (secondary N) is 2. The van der Waals surface area contributed by atoms with Crippen LogP contribution in [0.25, 0.3) is 0 Å². The van der Waals surface area contributed by atoms with E-state index in [1.54, 1.807) is 11.3 Å². The lowest BCUT2D eigenvalue weighted by molar-refractivity contribution is -0.124. The van der Waals surface area contributed by atoms with Crippen molar-refractivity contribution in [1.82, 2.24) is 10.6 Å². The Labute approximate surface area is 110 Å².